The molecule has 2 amide bonds. The number of fused-ring (bicyclic) bond motifs is 1. The van der Waals surface area contributed by atoms with E-state index < -0.39 is 0 Å². The highest BCUT2D eigenvalue weighted by atomic mass is 16.5. The summed E-state index contributed by atoms with van der Waals surface area (Å²) in [7, 11) is 4.08. The topological polar surface area (TPSA) is 62.1 Å². The molecular weight excluding hydrogens is 318 g/mol. The summed E-state index contributed by atoms with van der Waals surface area (Å²) >= 11 is 0. The van der Waals surface area contributed by atoms with Gasteiger partial charge in [0.15, 0.2) is 0 Å². The number of ether oxygens (including phenoxy) is 1. The minimum atomic E-state index is -0.0527. The highest BCUT2D eigenvalue weighted by Gasteiger charge is 2.22. The van der Waals surface area contributed by atoms with Gasteiger partial charge < -0.3 is 24.3 Å². The van der Waals surface area contributed by atoms with Crippen molar-refractivity contribution in [1.29, 1.82) is 0 Å². The number of nitrogens with one attached hydrogen (secondary N) is 1. The molecule has 0 saturated carbocycles. The molecule has 2 aromatic heterocycles. The number of rotatable bonds is 4. The number of imidazole rings is 1. The van der Waals surface area contributed by atoms with Crippen LogP contribution in [0.25, 0.3) is 5.65 Å². The van der Waals surface area contributed by atoms with Crippen LogP contribution in [-0.2, 0) is 11.3 Å². The third-order valence-electron chi connectivity index (χ3n) is 4.41. The van der Waals surface area contributed by atoms with Gasteiger partial charge in [0.1, 0.15) is 5.65 Å². The number of carbonyl (C=O) groups is 1. The van der Waals surface area contributed by atoms with Crippen molar-refractivity contribution in [3.8, 4) is 0 Å². The van der Waals surface area contributed by atoms with Crippen molar-refractivity contribution >= 4 is 11.7 Å². The lowest BCUT2D eigenvalue weighted by Crippen LogP contribution is -2.44. The fourth-order valence-corrected chi connectivity index (χ4v) is 3.25. The van der Waals surface area contributed by atoms with Crippen molar-refractivity contribution in [3.05, 3.63) is 35.8 Å². The van der Waals surface area contributed by atoms with E-state index in [1.165, 1.54) is 0 Å². The lowest BCUT2D eigenvalue weighted by Gasteiger charge is -2.25. The van der Waals surface area contributed by atoms with E-state index in [9.17, 15) is 4.79 Å². The molecule has 1 fully saturated rings. The number of aromatic nitrogens is 2. The first kappa shape index (κ1) is 17.7. The molecule has 25 heavy (non-hydrogen) atoms. The van der Waals surface area contributed by atoms with E-state index in [0.29, 0.717) is 38.8 Å². The fraction of sp³-hybridized carbons (Fsp3) is 0.556. The van der Waals surface area contributed by atoms with Crippen LogP contribution in [0.15, 0.2) is 24.4 Å². The van der Waals surface area contributed by atoms with Crippen LogP contribution in [0.5, 0.6) is 0 Å². The van der Waals surface area contributed by atoms with Crippen molar-refractivity contribution < 1.29 is 9.53 Å². The zero-order valence-corrected chi connectivity index (χ0v) is 15.2. The molecule has 1 aliphatic rings. The van der Waals surface area contributed by atoms with Gasteiger partial charge in [0, 0.05) is 37.4 Å². The van der Waals surface area contributed by atoms with E-state index in [1.807, 2.05) is 54.7 Å². The average Bonchev–Trinajstić information content (AvgIpc) is 2.85. The Kier molecular flexibility index (Phi) is 5.55. The lowest BCUT2D eigenvalue weighted by molar-refractivity contribution is 0.112. The molecule has 1 N–H and O–H groups in total. The summed E-state index contributed by atoms with van der Waals surface area (Å²) in [5.74, 6) is 0.334. The number of hydrogen-bond acceptors (Lipinski definition) is 4. The molecule has 0 aromatic carbocycles. The second-order valence-corrected chi connectivity index (χ2v) is 6.94. The van der Waals surface area contributed by atoms with Gasteiger partial charge in [-0.15, -0.1) is 0 Å². The zero-order valence-electron chi connectivity index (χ0n) is 15.2. The van der Waals surface area contributed by atoms with Crippen LogP contribution in [-0.4, -0.2) is 72.2 Å². The molecule has 0 aliphatic carbocycles. The lowest BCUT2D eigenvalue weighted by atomic mass is 10.1. The van der Waals surface area contributed by atoms with Crippen molar-refractivity contribution in [3.63, 3.8) is 0 Å². The van der Waals surface area contributed by atoms with Crippen molar-refractivity contribution in [2.75, 3.05) is 46.9 Å². The summed E-state index contributed by atoms with van der Waals surface area (Å²) in [4.78, 5) is 21.1. The minimum Gasteiger partial charge on any atom is -0.379 e. The van der Waals surface area contributed by atoms with E-state index in [-0.39, 0.29) is 6.03 Å². The van der Waals surface area contributed by atoms with Crippen LogP contribution >= 0.6 is 0 Å². The van der Waals surface area contributed by atoms with Gasteiger partial charge in [-0.05, 0) is 33.2 Å². The Balaban J connectivity index is 1.59. The van der Waals surface area contributed by atoms with E-state index in [2.05, 4.69) is 15.2 Å². The van der Waals surface area contributed by atoms with E-state index in [4.69, 9.17) is 4.74 Å². The molecule has 1 atom stereocenters. The Morgan fingerprint density at radius 1 is 1.44 bits per heavy atom. The summed E-state index contributed by atoms with van der Waals surface area (Å²) in [5, 5.41) is 2.99. The standard InChI is InChI=1S/C18H27N5O2/c1-14-5-4-6-17-20-16(12-23(14)17)9-19-18(24)22-7-8-25-13-15(11-22)10-21(2)3/h4-6,12,15H,7-11,13H2,1-3H3,(H,19,24)/t15-/m1/s1. The van der Waals surface area contributed by atoms with E-state index >= 15 is 0 Å². The number of aryl methyl sites for hydroxylation is 1. The van der Waals surface area contributed by atoms with Crippen LogP contribution in [0, 0.1) is 12.8 Å². The van der Waals surface area contributed by atoms with Gasteiger partial charge in [0.05, 0.1) is 25.5 Å². The van der Waals surface area contributed by atoms with Gasteiger partial charge in [-0.1, -0.05) is 6.07 Å². The second-order valence-electron chi connectivity index (χ2n) is 6.94. The zero-order chi connectivity index (χ0) is 17.8. The van der Waals surface area contributed by atoms with Crippen LogP contribution in [0.2, 0.25) is 0 Å². The Morgan fingerprint density at radius 2 is 2.28 bits per heavy atom. The quantitative estimate of drug-likeness (QED) is 0.909. The van der Waals surface area contributed by atoms with Crippen molar-refractivity contribution in [2.45, 2.75) is 13.5 Å². The molecule has 2 aromatic rings. The monoisotopic (exact) mass is 345 g/mol. The van der Waals surface area contributed by atoms with Gasteiger partial charge in [-0.2, -0.15) is 0 Å². The first-order valence-electron chi connectivity index (χ1n) is 8.72. The molecule has 7 nitrogen and oxygen atoms in total. The van der Waals surface area contributed by atoms with Crippen LogP contribution in [0.1, 0.15) is 11.4 Å². The number of urea groups is 1. The molecule has 1 saturated heterocycles. The molecule has 3 rings (SSSR count). The predicted octanol–water partition coefficient (Wildman–Crippen LogP) is 1.36. The molecule has 0 radical (unpaired) electrons. The number of hydrogen-bond donors (Lipinski definition) is 1. The summed E-state index contributed by atoms with van der Waals surface area (Å²) in [6.45, 7) is 6.01. The first-order valence-corrected chi connectivity index (χ1v) is 8.72. The van der Waals surface area contributed by atoms with Gasteiger partial charge >= 0.3 is 6.03 Å². The molecular formula is C18H27N5O2. The average molecular weight is 345 g/mol. The third kappa shape index (κ3) is 4.49. The first-order chi connectivity index (χ1) is 12.0. The molecule has 3 heterocycles. The Labute approximate surface area is 148 Å². The number of amides is 2. The highest BCUT2D eigenvalue weighted by Crippen LogP contribution is 2.10. The number of carbonyl (C=O) groups excluding carboxylic acids is 1. The van der Waals surface area contributed by atoms with Gasteiger partial charge in [-0.25, -0.2) is 9.78 Å². The number of nitrogens with zero attached hydrogens (tertiary/aromatic N) is 4. The number of pyridine rings is 1. The van der Waals surface area contributed by atoms with Gasteiger partial charge in [-0.3, -0.25) is 0 Å². The molecule has 0 bridgehead atoms. The molecule has 7 heteroatoms. The highest BCUT2D eigenvalue weighted by molar-refractivity contribution is 5.74. The fourth-order valence-electron chi connectivity index (χ4n) is 3.25. The maximum atomic E-state index is 12.5. The Bertz CT molecular complexity index is 727. The summed E-state index contributed by atoms with van der Waals surface area (Å²) in [6, 6.07) is 5.94. The maximum absolute atomic E-state index is 12.5. The second kappa shape index (κ2) is 7.84. The molecule has 136 valence electrons. The largest absolute Gasteiger partial charge is 0.379 e. The molecule has 0 unspecified atom stereocenters. The van der Waals surface area contributed by atoms with Crippen LogP contribution < -0.4 is 5.32 Å². The Morgan fingerprint density at radius 3 is 3.04 bits per heavy atom. The summed E-state index contributed by atoms with van der Waals surface area (Å²) in [6.07, 6.45) is 1.98. The minimum absolute atomic E-state index is 0.0527. The maximum Gasteiger partial charge on any atom is 0.317 e. The van der Waals surface area contributed by atoms with Crippen LogP contribution in [0.4, 0.5) is 4.79 Å². The third-order valence-corrected chi connectivity index (χ3v) is 4.41. The SMILES string of the molecule is Cc1cccc2nc(CNC(=O)N3CCOC[C@H](CN(C)C)C3)cn12. The van der Waals surface area contributed by atoms with E-state index in [0.717, 1.165) is 23.6 Å². The van der Waals surface area contributed by atoms with Crippen molar-refractivity contribution in [1.82, 2.24) is 24.5 Å². The van der Waals surface area contributed by atoms with Gasteiger partial charge in [0.2, 0.25) is 0 Å². The molecule has 1 aliphatic heterocycles. The van der Waals surface area contributed by atoms with Gasteiger partial charge in [0.25, 0.3) is 0 Å². The normalized spacial score (nSPS) is 18.6. The smallest absolute Gasteiger partial charge is 0.317 e. The van der Waals surface area contributed by atoms with Crippen LogP contribution in [0.3, 0.4) is 0 Å². The summed E-state index contributed by atoms with van der Waals surface area (Å²) in [5.41, 5.74) is 2.89. The van der Waals surface area contributed by atoms with E-state index in [1.54, 1.807) is 0 Å². The van der Waals surface area contributed by atoms with Crippen molar-refractivity contribution in [2.24, 2.45) is 5.92 Å². The molecule has 0 spiro atoms. The summed E-state index contributed by atoms with van der Waals surface area (Å²) < 4.78 is 7.68. The predicted molar refractivity (Wildman–Crippen MR) is 96.6 cm³/mol. The Hall–Kier alpha value is -2.12.